The summed E-state index contributed by atoms with van der Waals surface area (Å²) in [5.74, 6) is -0.0685. The summed E-state index contributed by atoms with van der Waals surface area (Å²) in [6.07, 6.45) is 0. The Balaban J connectivity index is 1.70. The number of hydrogen-bond acceptors (Lipinski definition) is 5. The molecular weight excluding hydrogens is 453 g/mol. The Hall–Kier alpha value is -3.19. The van der Waals surface area contributed by atoms with Crippen LogP contribution in [0.1, 0.15) is 38.1 Å². The van der Waals surface area contributed by atoms with E-state index in [0.717, 1.165) is 22.5 Å². The first-order valence-electron chi connectivity index (χ1n) is 11.3. The highest BCUT2D eigenvalue weighted by molar-refractivity contribution is 6.30. The first-order chi connectivity index (χ1) is 16.0. The van der Waals surface area contributed by atoms with E-state index in [-0.39, 0.29) is 23.7 Å². The Kier molecular flexibility index (Phi) is 6.49. The van der Waals surface area contributed by atoms with Gasteiger partial charge in [-0.2, -0.15) is 0 Å². The number of carbonyl (C=O) groups is 1. The topological polar surface area (TPSA) is 75.4 Å². The van der Waals surface area contributed by atoms with E-state index in [1.54, 1.807) is 12.1 Å². The highest BCUT2D eigenvalue weighted by Gasteiger charge is 2.35. The maximum absolute atomic E-state index is 14.9. The molecule has 0 unspecified atom stereocenters. The summed E-state index contributed by atoms with van der Waals surface area (Å²) in [7, 11) is 0. The number of aromatic nitrogens is 2. The standard InChI is InChI=1S/C26H29ClFN5O/c1-16-13-21(31-25(29)30-16)17-5-7-18(8-6-17)23-15-32(24(34)26(2,3)4)11-12-33(23)22-10-9-19(27)14-20(22)28/h5-10,13-14,23H,11-12,15H2,1-4H3,(H2,29,30,31)/t23-/m0/s1. The molecule has 2 heterocycles. The van der Waals surface area contributed by atoms with Crippen molar-refractivity contribution in [3.8, 4) is 11.3 Å². The largest absolute Gasteiger partial charge is 0.368 e. The first kappa shape index (κ1) is 24.0. The number of nitrogens with zero attached hydrogens (tertiary/aromatic N) is 4. The minimum absolute atomic E-state index is 0.0808. The second kappa shape index (κ2) is 9.22. The van der Waals surface area contributed by atoms with E-state index in [9.17, 15) is 9.18 Å². The van der Waals surface area contributed by atoms with E-state index in [1.807, 2.05) is 67.8 Å². The molecule has 1 aliphatic heterocycles. The zero-order valence-corrected chi connectivity index (χ0v) is 20.6. The van der Waals surface area contributed by atoms with Gasteiger partial charge in [-0.05, 0) is 36.8 Å². The Morgan fingerprint density at radius 3 is 2.41 bits per heavy atom. The van der Waals surface area contributed by atoms with Gasteiger partial charge in [-0.25, -0.2) is 14.4 Å². The fourth-order valence-corrected chi connectivity index (χ4v) is 4.50. The van der Waals surface area contributed by atoms with Crippen molar-refractivity contribution in [3.05, 3.63) is 70.6 Å². The van der Waals surface area contributed by atoms with E-state index in [1.165, 1.54) is 6.07 Å². The number of hydrogen-bond donors (Lipinski definition) is 1. The number of piperazine rings is 1. The number of carbonyl (C=O) groups excluding carboxylic acids is 1. The number of benzene rings is 2. The predicted octanol–water partition coefficient (Wildman–Crippen LogP) is 5.26. The van der Waals surface area contributed by atoms with Crippen molar-refractivity contribution in [3.63, 3.8) is 0 Å². The van der Waals surface area contributed by atoms with Gasteiger partial charge < -0.3 is 15.5 Å². The average molecular weight is 482 g/mol. The molecule has 1 atom stereocenters. The molecule has 1 amide bonds. The Labute approximate surface area is 204 Å². The van der Waals surface area contributed by atoms with Gasteiger partial charge in [-0.15, -0.1) is 0 Å². The summed E-state index contributed by atoms with van der Waals surface area (Å²) in [4.78, 5) is 25.4. The summed E-state index contributed by atoms with van der Waals surface area (Å²) in [5.41, 5.74) is 9.21. The zero-order chi connectivity index (χ0) is 24.6. The van der Waals surface area contributed by atoms with Crippen LogP contribution >= 0.6 is 11.6 Å². The van der Waals surface area contributed by atoms with Crippen LogP contribution < -0.4 is 10.6 Å². The predicted molar refractivity (Wildman–Crippen MR) is 134 cm³/mol. The highest BCUT2D eigenvalue weighted by Crippen LogP contribution is 2.35. The first-order valence-corrected chi connectivity index (χ1v) is 11.6. The monoisotopic (exact) mass is 481 g/mol. The lowest BCUT2D eigenvalue weighted by Crippen LogP contribution is -2.53. The number of nitrogens with two attached hydrogens (primary N) is 1. The molecule has 178 valence electrons. The van der Waals surface area contributed by atoms with Crippen molar-refractivity contribution < 1.29 is 9.18 Å². The lowest BCUT2D eigenvalue weighted by molar-refractivity contribution is -0.140. The fourth-order valence-electron chi connectivity index (χ4n) is 4.34. The van der Waals surface area contributed by atoms with Crippen LogP contribution in [0.4, 0.5) is 16.0 Å². The van der Waals surface area contributed by atoms with Crippen LogP contribution in [0.2, 0.25) is 5.02 Å². The molecule has 34 heavy (non-hydrogen) atoms. The molecule has 2 N–H and O–H groups in total. The van der Waals surface area contributed by atoms with Crippen LogP contribution in [0.15, 0.2) is 48.5 Å². The van der Waals surface area contributed by atoms with Crippen LogP contribution in [0.5, 0.6) is 0 Å². The van der Waals surface area contributed by atoms with Crippen molar-refractivity contribution in [2.75, 3.05) is 30.3 Å². The van der Waals surface area contributed by atoms with Crippen molar-refractivity contribution in [2.45, 2.75) is 33.7 Å². The van der Waals surface area contributed by atoms with E-state index < -0.39 is 5.41 Å². The summed E-state index contributed by atoms with van der Waals surface area (Å²) >= 11 is 5.99. The molecular formula is C26H29ClFN5O. The molecule has 3 aromatic rings. The van der Waals surface area contributed by atoms with Crippen molar-refractivity contribution in [2.24, 2.45) is 5.41 Å². The fraction of sp³-hybridized carbons (Fsp3) is 0.346. The number of amides is 1. The van der Waals surface area contributed by atoms with Gasteiger partial charge >= 0.3 is 0 Å². The summed E-state index contributed by atoms with van der Waals surface area (Å²) < 4.78 is 14.9. The van der Waals surface area contributed by atoms with Gasteiger partial charge in [0, 0.05) is 41.3 Å². The minimum atomic E-state index is -0.493. The van der Waals surface area contributed by atoms with Crippen LogP contribution in [0.25, 0.3) is 11.3 Å². The van der Waals surface area contributed by atoms with E-state index in [0.29, 0.717) is 30.3 Å². The lowest BCUT2D eigenvalue weighted by atomic mass is 9.92. The lowest BCUT2D eigenvalue weighted by Gasteiger charge is -2.44. The van der Waals surface area contributed by atoms with Gasteiger partial charge in [-0.3, -0.25) is 4.79 Å². The second-order valence-corrected chi connectivity index (χ2v) is 10.1. The third kappa shape index (κ3) is 4.99. The van der Waals surface area contributed by atoms with Gasteiger partial charge in [-0.1, -0.05) is 56.6 Å². The highest BCUT2D eigenvalue weighted by atomic mass is 35.5. The molecule has 1 aliphatic rings. The van der Waals surface area contributed by atoms with Crippen molar-refractivity contribution in [1.29, 1.82) is 0 Å². The molecule has 1 saturated heterocycles. The Bertz CT molecular complexity index is 1190. The van der Waals surface area contributed by atoms with Crippen LogP contribution in [-0.4, -0.2) is 40.4 Å². The molecule has 0 spiro atoms. The number of aryl methyl sites for hydroxylation is 1. The normalized spacial score (nSPS) is 16.6. The van der Waals surface area contributed by atoms with Gasteiger partial charge in [0.25, 0.3) is 0 Å². The molecule has 0 radical (unpaired) electrons. The molecule has 6 nitrogen and oxygen atoms in total. The zero-order valence-electron chi connectivity index (χ0n) is 19.8. The molecule has 0 bridgehead atoms. The molecule has 0 saturated carbocycles. The number of rotatable bonds is 3. The number of anilines is 2. The molecule has 8 heteroatoms. The summed E-state index contributed by atoms with van der Waals surface area (Å²) in [6, 6.07) is 14.3. The van der Waals surface area contributed by atoms with Crippen LogP contribution in [0.3, 0.4) is 0 Å². The Morgan fingerprint density at radius 2 is 1.79 bits per heavy atom. The van der Waals surface area contributed by atoms with Gasteiger partial charge in [0.05, 0.1) is 17.4 Å². The molecule has 4 rings (SSSR count). The summed E-state index contributed by atoms with van der Waals surface area (Å²) in [6.45, 7) is 9.11. The SMILES string of the molecule is Cc1cc(-c2ccc([C@@H]3CN(C(=O)C(C)(C)C)CCN3c3ccc(Cl)cc3F)cc2)nc(N)n1. The quantitative estimate of drug-likeness (QED) is 0.552. The second-order valence-electron chi connectivity index (χ2n) is 9.68. The third-order valence-electron chi connectivity index (χ3n) is 5.99. The van der Waals surface area contributed by atoms with Crippen molar-refractivity contribution in [1.82, 2.24) is 14.9 Å². The van der Waals surface area contributed by atoms with Crippen molar-refractivity contribution >= 4 is 29.1 Å². The smallest absolute Gasteiger partial charge is 0.228 e. The van der Waals surface area contributed by atoms with Gasteiger partial charge in [0.1, 0.15) is 5.82 Å². The average Bonchev–Trinajstić information content (AvgIpc) is 2.77. The third-order valence-corrected chi connectivity index (χ3v) is 6.23. The van der Waals surface area contributed by atoms with E-state index >= 15 is 0 Å². The molecule has 1 aromatic heterocycles. The molecule has 0 aliphatic carbocycles. The number of halogens is 2. The maximum atomic E-state index is 14.9. The summed E-state index contributed by atoms with van der Waals surface area (Å²) in [5, 5.41) is 0.350. The molecule has 1 fully saturated rings. The van der Waals surface area contributed by atoms with E-state index in [4.69, 9.17) is 17.3 Å². The van der Waals surface area contributed by atoms with E-state index in [2.05, 4.69) is 9.97 Å². The number of nitrogen functional groups attached to an aromatic ring is 1. The van der Waals surface area contributed by atoms with Gasteiger partial charge in [0.2, 0.25) is 11.9 Å². The Morgan fingerprint density at radius 1 is 1.09 bits per heavy atom. The van der Waals surface area contributed by atoms with Crippen LogP contribution in [0, 0.1) is 18.2 Å². The maximum Gasteiger partial charge on any atom is 0.228 e. The minimum Gasteiger partial charge on any atom is -0.368 e. The van der Waals surface area contributed by atoms with Gasteiger partial charge in [0.15, 0.2) is 0 Å². The van der Waals surface area contributed by atoms with Crippen LogP contribution in [-0.2, 0) is 4.79 Å². The molecule has 2 aromatic carbocycles.